The largest absolute Gasteiger partial charge is 0.481 e. The molecule has 0 aliphatic carbocycles. The molecule has 2 saturated heterocycles. The Balaban J connectivity index is 1.76. The van der Waals surface area contributed by atoms with Crippen molar-refractivity contribution >= 4 is 57.7 Å². The summed E-state index contributed by atoms with van der Waals surface area (Å²) in [6.45, 7) is 4.35. The zero-order valence-electron chi connectivity index (χ0n) is 17.4. The van der Waals surface area contributed by atoms with Gasteiger partial charge in [-0.05, 0) is 31.1 Å². The first-order chi connectivity index (χ1) is 15.4. The lowest BCUT2D eigenvalue weighted by molar-refractivity contribution is -0.137. The smallest absolute Gasteiger partial charge is 0.303 e. The van der Waals surface area contributed by atoms with E-state index < -0.39 is 5.97 Å². The Kier molecular flexibility index (Phi) is 6.58. The maximum Gasteiger partial charge on any atom is 0.303 e. The number of hydrogen-bond donors (Lipinski definition) is 1. The second-order valence-corrected chi connectivity index (χ2v) is 9.14. The van der Waals surface area contributed by atoms with E-state index in [1.54, 1.807) is 18.3 Å². The van der Waals surface area contributed by atoms with Gasteiger partial charge in [-0.3, -0.25) is 23.7 Å². The van der Waals surface area contributed by atoms with Crippen LogP contribution < -0.4 is 10.5 Å². The Bertz CT molecular complexity index is 1190. The molecule has 11 heteroatoms. The molecule has 2 aromatic heterocycles. The zero-order chi connectivity index (χ0) is 22.8. The van der Waals surface area contributed by atoms with Crippen molar-refractivity contribution in [3.05, 3.63) is 44.7 Å². The molecule has 1 N–H and O–H groups in total. The number of morpholine rings is 1. The number of ether oxygens (including phenoxy) is 1. The van der Waals surface area contributed by atoms with Crippen molar-refractivity contribution in [2.24, 2.45) is 0 Å². The third kappa shape index (κ3) is 4.41. The number of rotatable bonds is 6. The molecule has 4 rings (SSSR count). The second-order valence-electron chi connectivity index (χ2n) is 7.47. The number of anilines is 1. The van der Waals surface area contributed by atoms with E-state index in [4.69, 9.17) is 27.0 Å². The fraction of sp³-hybridized carbons (Fsp3) is 0.381. The van der Waals surface area contributed by atoms with E-state index in [1.807, 2.05) is 17.9 Å². The molecule has 2 fully saturated rings. The molecule has 32 heavy (non-hydrogen) atoms. The summed E-state index contributed by atoms with van der Waals surface area (Å²) in [7, 11) is 0. The summed E-state index contributed by atoms with van der Waals surface area (Å²) >= 11 is 6.44. The Hall–Kier alpha value is -2.76. The Morgan fingerprint density at radius 1 is 1.34 bits per heavy atom. The van der Waals surface area contributed by atoms with Gasteiger partial charge in [0, 0.05) is 32.3 Å². The normalized spacial score (nSPS) is 18.2. The van der Waals surface area contributed by atoms with Crippen molar-refractivity contribution in [1.29, 1.82) is 0 Å². The molecule has 9 nitrogen and oxygen atoms in total. The molecule has 1 amide bonds. The predicted octanol–water partition coefficient (Wildman–Crippen LogP) is 1.91. The minimum Gasteiger partial charge on any atom is -0.481 e. The number of pyridine rings is 1. The number of hydrogen-bond acceptors (Lipinski definition) is 8. The SMILES string of the molecule is Cc1cccn2c(=O)c(C=C3SC(=S)N(CCCC(=O)O)C3=O)c(N3CCOCC3)nc12. The molecule has 0 spiro atoms. The van der Waals surface area contributed by atoms with Crippen LogP contribution in [-0.4, -0.2) is 68.4 Å². The molecule has 2 aromatic rings. The van der Waals surface area contributed by atoms with Crippen LogP contribution in [0.2, 0.25) is 0 Å². The first-order valence-corrected chi connectivity index (χ1v) is 11.4. The summed E-state index contributed by atoms with van der Waals surface area (Å²) in [5, 5.41) is 8.85. The maximum atomic E-state index is 13.4. The summed E-state index contributed by atoms with van der Waals surface area (Å²) in [5.74, 6) is -0.734. The highest BCUT2D eigenvalue weighted by atomic mass is 32.2. The average Bonchev–Trinajstić information content (AvgIpc) is 3.04. The summed E-state index contributed by atoms with van der Waals surface area (Å²) in [6, 6.07) is 3.68. The van der Waals surface area contributed by atoms with Crippen LogP contribution in [0.5, 0.6) is 0 Å². The van der Waals surface area contributed by atoms with Gasteiger partial charge in [0.2, 0.25) is 0 Å². The lowest BCUT2D eigenvalue weighted by Crippen LogP contribution is -2.38. The van der Waals surface area contributed by atoms with Gasteiger partial charge >= 0.3 is 5.97 Å². The van der Waals surface area contributed by atoms with Crippen LogP contribution in [0.15, 0.2) is 28.0 Å². The standard InChI is InChI=1S/C21H22N4O5S2/c1-13-4-2-6-24-17(13)22-18(23-8-10-30-11-9-23)14(19(24)28)12-15-20(29)25(21(31)32-15)7-3-5-16(26)27/h2,4,6,12H,3,5,7-11H2,1H3,(H,26,27). The number of fused-ring (bicyclic) bond motifs is 1. The number of aliphatic carboxylic acids is 1. The summed E-state index contributed by atoms with van der Waals surface area (Å²) in [6.07, 6.45) is 3.47. The van der Waals surface area contributed by atoms with Gasteiger partial charge < -0.3 is 14.7 Å². The topological polar surface area (TPSA) is 104 Å². The Morgan fingerprint density at radius 3 is 2.81 bits per heavy atom. The number of aryl methyl sites for hydroxylation is 1. The monoisotopic (exact) mass is 474 g/mol. The highest BCUT2D eigenvalue weighted by Crippen LogP contribution is 2.33. The molecular formula is C21H22N4O5S2. The van der Waals surface area contributed by atoms with E-state index in [0.717, 1.165) is 17.3 Å². The van der Waals surface area contributed by atoms with Crippen LogP contribution in [0, 0.1) is 6.92 Å². The number of thioether (sulfide) groups is 1. The molecule has 2 aliphatic rings. The van der Waals surface area contributed by atoms with Gasteiger partial charge in [-0.15, -0.1) is 0 Å². The van der Waals surface area contributed by atoms with E-state index in [9.17, 15) is 14.4 Å². The summed E-state index contributed by atoms with van der Waals surface area (Å²) in [4.78, 5) is 45.7. The van der Waals surface area contributed by atoms with Crippen molar-refractivity contribution in [2.45, 2.75) is 19.8 Å². The minimum absolute atomic E-state index is 0.0490. The highest BCUT2D eigenvalue weighted by Gasteiger charge is 2.33. The summed E-state index contributed by atoms with van der Waals surface area (Å²) in [5.41, 5.74) is 1.49. The fourth-order valence-electron chi connectivity index (χ4n) is 3.66. The first-order valence-electron chi connectivity index (χ1n) is 10.2. The van der Waals surface area contributed by atoms with Crippen LogP contribution in [0.1, 0.15) is 24.0 Å². The lowest BCUT2D eigenvalue weighted by Gasteiger charge is -2.29. The minimum atomic E-state index is -0.924. The molecule has 0 bridgehead atoms. The van der Waals surface area contributed by atoms with Crippen molar-refractivity contribution < 1.29 is 19.4 Å². The highest BCUT2D eigenvalue weighted by molar-refractivity contribution is 8.26. The number of carboxylic acids is 1. The number of aromatic nitrogens is 2. The van der Waals surface area contributed by atoms with Crippen LogP contribution in [0.4, 0.5) is 5.82 Å². The van der Waals surface area contributed by atoms with E-state index in [0.29, 0.717) is 59.0 Å². The van der Waals surface area contributed by atoms with Crippen LogP contribution in [-0.2, 0) is 14.3 Å². The quantitative estimate of drug-likeness (QED) is 0.496. The number of thiocarbonyl (C=S) groups is 1. The number of amides is 1. The van der Waals surface area contributed by atoms with E-state index in [1.165, 1.54) is 9.30 Å². The molecule has 0 unspecified atom stereocenters. The lowest BCUT2D eigenvalue weighted by atomic mass is 10.2. The molecule has 0 atom stereocenters. The number of carbonyl (C=O) groups is 2. The molecule has 0 radical (unpaired) electrons. The van der Waals surface area contributed by atoms with Crippen LogP contribution >= 0.6 is 24.0 Å². The van der Waals surface area contributed by atoms with Gasteiger partial charge in [-0.25, -0.2) is 4.98 Å². The van der Waals surface area contributed by atoms with Gasteiger partial charge in [0.25, 0.3) is 11.5 Å². The van der Waals surface area contributed by atoms with E-state index in [-0.39, 0.29) is 24.4 Å². The third-order valence-corrected chi connectivity index (χ3v) is 6.67. The van der Waals surface area contributed by atoms with Gasteiger partial charge in [-0.2, -0.15) is 0 Å². The summed E-state index contributed by atoms with van der Waals surface area (Å²) < 4.78 is 7.28. The van der Waals surface area contributed by atoms with Gasteiger partial charge in [-0.1, -0.05) is 30.0 Å². The van der Waals surface area contributed by atoms with Crippen LogP contribution in [0.25, 0.3) is 11.7 Å². The van der Waals surface area contributed by atoms with Crippen molar-refractivity contribution in [2.75, 3.05) is 37.7 Å². The molecule has 2 aliphatic heterocycles. The molecular weight excluding hydrogens is 452 g/mol. The molecule has 0 aromatic carbocycles. The molecule has 0 saturated carbocycles. The number of nitrogens with zero attached hydrogens (tertiary/aromatic N) is 4. The van der Waals surface area contributed by atoms with E-state index in [2.05, 4.69) is 0 Å². The Morgan fingerprint density at radius 2 is 2.09 bits per heavy atom. The zero-order valence-corrected chi connectivity index (χ0v) is 19.1. The second kappa shape index (κ2) is 9.39. The van der Waals surface area contributed by atoms with Gasteiger partial charge in [0.1, 0.15) is 15.8 Å². The fourth-order valence-corrected chi connectivity index (χ4v) is 4.95. The number of carbonyl (C=O) groups excluding carboxylic acids is 1. The van der Waals surface area contributed by atoms with E-state index >= 15 is 0 Å². The first kappa shape index (κ1) is 22.4. The predicted molar refractivity (Wildman–Crippen MR) is 126 cm³/mol. The van der Waals surface area contributed by atoms with Crippen molar-refractivity contribution in [3.8, 4) is 0 Å². The van der Waals surface area contributed by atoms with Gasteiger partial charge in [0.05, 0.1) is 23.7 Å². The van der Waals surface area contributed by atoms with Crippen molar-refractivity contribution in [3.63, 3.8) is 0 Å². The van der Waals surface area contributed by atoms with Crippen LogP contribution in [0.3, 0.4) is 0 Å². The molecule has 4 heterocycles. The van der Waals surface area contributed by atoms with Gasteiger partial charge in [0.15, 0.2) is 0 Å². The Labute approximate surface area is 193 Å². The molecule has 168 valence electrons. The average molecular weight is 475 g/mol. The number of carboxylic acid groups (broad SMARTS) is 1. The third-order valence-electron chi connectivity index (χ3n) is 5.30. The maximum absolute atomic E-state index is 13.4. The van der Waals surface area contributed by atoms with Crippen molar-refractivity contribution in [1.82, 2.24) is 14.3 Å².